The molecule has 5 heteroatoms. The first-order valence-corrected chi connectivity index (χ1v) is 17.1. The minimum absolute atomic E-state index is 0.662. The fourth-order valence-corrected chi connectivity index (χ4v) is 7.28. The van der Waals surface area contributed by atoms with Crippen LogP contribution in [0.1, 0.15) is 0 Å². The SMILES string of the molecule is c1ccc(N(c2ccccc2)c2ccc3c(c2)c2cnccc2n3-c2ccc(-c3ccc(-c4ccc5c(n4)oc4ccccc45)cc3)cc2)cc1. The highest BCUT2D eigenvalue weighted by atomic mass is 16.3. The summed E-state index contributed by atoms with van der Waals surface area (Å²) in [6.07, 6.45) is 3.85. The highest BCUT2D eigenvalue weighted by Gasteiger charge is 2.17. The Morgan fingerprint density at radius 2 is 1.12 bits per heavy atom. The molecule has 0 saturated carbocycles. The number of anilines is 3. The van der Waals surface area contributed by atoms with Gasteiger partial charge in [0.05, 0.1) is 16.7 Å². The van der Waals surface area contributed by atoms with E-state index in [1.165, 1.54) is 0 Å². The number of para-hydroxylation sites is 3. The van der Waals surface area contributed by atoms with Crippen molar-refractivity contribution >= 4 is 60.9 Å². The molecule has 0 bridgehead atoms. The van der Waals surface area contributed by atoms with Crippen LogP contribution in [0.2, 0.25) is 0 Å². The molecule has 0 N–H and O–H groups in total. The van der Waals surface area contributed by atoms with Crippen LogP contribution in [0.4, 0.5) is 17.1 Å². The zero-order chi connectivity index (χ0) is 33.7. The van der Waals surface area contributed by atoms with E-state index in [0.29, 0.717) is 5.71 Å². The molecule has 0 saturated heterocycles. The maximum absolute atomic E-state index is 6.04. The fourth-order valence-electron chi connectivity index (χ4n) is 7.28. The second-order valence-electron chi connectivity index (χ2n) is 12.7. The van der Waals surface area contributed by atoms with Crippen molar-refractivity contribution in [2.75, 3.05) is 4.90 Å². The second kappa shape index (κ2) is 11.9. The molecule has 51 heavy (non-hydrogen) atoms. The van der Waals surface area contributed by atoms with Crippen LogP contribution in [0.3, 0.4) is 0 Å². The molecule has 5 nitrogen and oxygen atoms in total. The molecule has 0 fully saturated rings. The van der Waals surface area contributed by atoms with Crippen LogP contribution in [0.15, 0.2) is 187 Å². The number of hydrogen-bond acceptors (Lipinski definition) is 4. The average Bonchev–Trinajstić information content (AvgIpc) is 3.74. The van der Waals surface area contributed by atoms with Crippen LogP contribution in [0, 0.1) is 0 Å². The zero-order valence-electron chi connectivity index (χ0n) is 27.5. The highest BCUT2D eigenvalue weighted by Crippen LogP contribution is 2.39. The van der Waals surface area contributed by atoms with Gasteiger partial charge in [0.1, 0.15) is 5.58 Å². The van der Waals surface area contributed by atoms with Crippen molar-refractivity contribution in [3.05, 3.63) is 182 Å². The lowest BCUT2D eigenvalue weighted by atomic mass is 10.0. The lowest BCUT2D eigenvalue weighted by Gasteiger charge is -2.25. The van der Waals surface area contributed by atoms with Gasteiger partial charge in [0.2, 0.25) is 5.71 Å². The van der Waals surface area contributed by atoms with E-state index in [1.54, 1.807) is 0 Å². The van der Waals surface area contributed by atoms with Crippen molar-refractivity contribution in [3.8, 4) is 28.1 Å². The third kappa shape index (κ3) is 4.94. The smallest absolute Gasteiger partial charge is 0.227 e. The summed E-state index contributed by atoms with van der Waals surface area (Å²) >= 11 is 0. The Morgan fingerprint density at radius 1 is 0.471 bits per heavy atom. The summed E-state index contributed by atoms with van der Waals surface area (Å²) in [6, 6.07) is 59.5. The van der Waals surface area contributed by atoms with Gasteiger partial charge in [-0.25, -0.2) is 4.98 Å². The van der Waals surface area contributed by atoms with Gasteiger partial charge in [-0.05, 0) is 90.0 Å². The van der Waals surface area contributed by atoms with Gasteiger partial charge in [0, 0.05) is 62.3 Å². The lowest BCUT2D eigenvalue weighted by molar-refractivity contribution is 0.654. The first kappa shape index (κ1) is 29.0. The molecule has 10 aromatic rings. The van der Waals surface area contributed by atoms with Crippen LogP contribution in [-0.2, 0) is 0 Å². The summed E-state index contributed by atoms with van der Waals surface area (Å²) in [4.78, 5) is 11.7. The molecule has 0 aliphatic heterocycles. The van der Waals surface area contributed by atoms with Gasteiger partial charge >= 0.3 is 0 Å². The van der Waals surface area contributed by atoms with Gasteiger partial charge in [-0.2, -0.15) is 0 Å². The Bertz CT molecular complexity index is 2800. The topological polar surface area (TPSA) is 47.1 Å². The average molecular weight is 655 g/mol. The molecule has 0 unspecified atom stereocenters. The van der Waals surface area contributed by atoms with Crippen molar-refractivity contribution in [2.45, 2.75) is 0 Å². The number of fused-ring (bicyclic) bond motifs is 6. The Labute approximate surface area is 294 Å². The molecular formula is C46H30N4O. The van der Waals surface area contributed by atoms with Crippen LogP contribution >= 0.6 is 0 Å². The Hall–Kier alpha value is -6.98. The molecule has 4 heterocycles. The van der Waals surface area contributed by atoms with Crippen molar-refractivity contribution in [2.24, 2.45) is 0 Å². The first-order valence-electron chi connectivity index (χ1n) is 17.1. The summed E-state index contributed by atoms with van der Waals surface area (Å²) in [5, 5.41) is 4.39. The molecule has 0 atom stereocenters. The number of hydrogen-bond donors (Lipinski definition) is 0. The molecular weight excluding hydrogens is 625 g/mol. The molecule has 0 amide bonds. The van der Waals surface area contributed by atoms with E-state index >= 15 is 0 Å². The number of pyridine rings is 2. The molecule has 240 valence electrons. The Balaban J connectivity index is 0.996. The van der Waals surface area contributed by atoms with Crippen LogP contribution in [0.25, 0.3) is 71.9 Å². The summed E-state index contributed by atoms with van der Waals surface area (Å²) in [5.74, 6) is 0. The van der Waals surface area contributed by atoms with E-state index in [4.69, 9.17) is 9.40 Å². The van der Waals surface area contributed by atoms with Gasteiger partial charge in [-0.15, -0.1) is 0 Å². The Kier molecular flexibility index (Phi) is 6.74. The predicted molar refractivity (Wildman–Crippen MR) is 209 cm³/mol. The van der Waals surface area contributed by atoms with Crippen molar-refractivity contribution in [1.29, 1.82) is 0 Å². The number of furan rings is 1. The van der Waals surface area contributed by atoms with Gasteiger partial charge in [0.25, 0.3) is 0 Å². The number of benzene rings is 6. The molecule has 0 radical (unpaired) electrons. The minimum Gasteiger partial charge on any atom is -0.438 e. The first-order chi connectivity index (χ1) is 25.3. The maximum Gasteiger partial charge on any atom is 0.227 e. The van der Waals surface area contributed by atoms with Crippen LogP contribution < -0.4 is 4.90 Å². The molecule has 4 aromatic heterocycles. The van der Waals surface area contributed by atoms with E-state index in [-0.39, 0.29) is 0 Å². The van der Waals surface area contributed by atoms with Gasteiger partial charge in [0.15, 0.2) is 0 Å². The molecule has 10 rings (SSSR count). The molecule has 6 aromatic carbocycles. The van der Waals surface area contributed by atoms with Gasteiger partial charge < -0.3 is 13.9 Å². The normalized spacial score (nSPS) is 11.5. The van der Waals surface area contributed by atoms with Crippen LogP contribution in [-0.4, -0.2) is 14.5 Å². The second-order valence-corrected chi connectivity index (χ2v) is 12.7. The van der Waals surface area contributed by atoms with E-state index in [2.05, 4.69) is 166 Å². The van der Waals surface area contributed by atoms with Gasteiger partial charge in [-0.3, -0.25) is 4.98 Å². The van der Waals surface area contributed by atoms with Gasteiger partial charge in [-0.1, -0.05) is 91.0 Å². The van der Waals surface area contributed by atoms with Crippen molar-refractivity contribution < 1.29 is 4.42 Å². The fraction of sp³-hybridized carbons (Fsp3) is 0. The van der Waals surface area contributed by atoms with E-state index in [9.17, 15) is 0 Å². The summed E-state index contributed by atoms with van der Waals surface area (Å²) in [7, 11) is 0. The standard InChI is InChI=1S/C46H30N4O/c1-3-9-34(10-4-1)49(35-11-5-2-6-12-35)37-23-26-43-40(29-37)41-30-47-28-27-44(41)50(43)36-21-19-32(20-22-36)31-15-17-33(18-16-31)42-25-24-39-38-13-7-8-14-45(38)51-46(39)48-42/h1-30H. The lowest BCUT2D eigenvalue weighted by Crippen LogP contribution is -2.09. The monoisotopic (exact) mass is 654 g/mol. The third-order valence-electron chi connectivity index (χ3n) is 9.72. The quantitative estimate of drug-likeness (QED) is 0.179. The molecule has 0 aliphatic carbocycles. The number of nitrogens with zero attached hydrogens (tertiary/aromatic N) is 4. The maximum atomic E-state index is 6.04. The van der Waals surface area contributed by atoms with E-state index in [1.807, 2.05) is 30.6 Å². The summed E-state index contributed by atoms with van der Waals surface area (Å²) in [5.41, 5.74) is 12.4. The van der Waals surface area contributed by atoms with E-state index < -0.39 is 0 Å². The predicted octanol–water partition coefficient (Wildman–Crippen LogP) is 12.3. The summed E-state index contributed by atoms with van der Waals surface area (Å²) in [6.45, 7) is 0. The number of rotatable bonds is 6. The Morgan fingerprint density at radius 3 is 1.86 bits per heavy atom. The van der Waals surface area contributed by atoms with Crippen LogP contribution in [0.5, 0.6) is 0 Å². The van der Waals surface area contributed by atoms with Crippen molar-refractivity contribution in [3.63, 3.8) is 0 Å². The molecule has 0 spiro atoms. The third-order valence-corrected chi connectivity index (χ3v) is 9.72. The van der Waals surface area contributed by atoms with Crippen molar-refractivity contribution in [1.82, 2.24) is 14.5 Å². The zero-order valence-corrected chi connectivity index (χ0v) is 27.5. The summed E-state index contributed by atoms with van der Waals surface area (Å²) < 4.78 is 8.37. The molecule has 0 aliphatic rings. The van der Waals surface area contributed by atoms with E-state index in [0.717, 1.165) is 83.3 Å². The largest absolute Gasteiger partial charge is 0.438 e. The minimum atomic E-state index is 0.662. The number of aromatic nitrogens is 3. The highest BCUT2D eigenvalue weighted by molar-refractivity contribution is 6.10.